The lowest BCUT2D eigenvalue weighted by molar-refractivity contribution is 0.660. The van der Waals surface area contributed by atoms with Crippen LogP contribution >= 0.6 is 0 Å². The van der Waals surface area contributed by atoms with E-state index in [1.165, 1.54) is 89.0 Å². The number of nitrogens with zero attached hydrogens (tertiary/aromatic N) is 1. The maximum atomic E-state index is 3.69. The smallest absolute Gasteiger partial charge is 0.0465 e. The van der Waals surface area contributed by atoms with Gasteiger partial charge in [0, 0.05) is 33.9 Å². The number of hydrogen-bond donors (Lipinski definition) is 1. The van der Waals surface area contributed by atoms with E-state index in [1.807, 2.05) is 12.1 Å². The molecule has 1 N–H and O–H groups in total. The van der Waals surface area contributed by atoms with Gasteiger partial charge >= 0.3 is 0 Å². The van der Waals surface area contributed by atoms with Gasteiger partial charge in [0.05, 0.1) is 0 Å². The van der Waals surface area contributed by atoms with Crippen LogP contribution in [0.2, 0.25) is 0 Å². The van der Waals surface area contributed by atoms with Crippen molar-refractivity contribution in [1.82, 2.24) is 0 Å². The molecule has 0 aromatic heterocycles. The van der Waals surface area contributed by atoms with Crippen LogP contribution in [0, 0.1) is 0 Å². The van der Waals surface area contributed by atoms with E-state index in [4.69, 9.17) is 0 Å². The van der Waals surface area contributed by atoms with Crippen molar-refractivity contribution in [3.8, 4) is 77.9 Å². The molecule has 0 bridgehead atoms. The zero-order chi connectivity index (χ0) is 52.0. The molecule has 0 aliphatic heterocycles. The molecule has 0 fully saturated rings. The van der Waals surface area contributed by atoms with Crippen molar-refractivity contribution in [1.29, 1.82) is 0 Å². The lowest BCUT2D eigenvalue weighted by Gasteiger charge is -2.28. The second kappa shape index (κ2) is 21.6. The Morgan fingerprint density at radius 3 is 0.922 bits per heavy atom. The number of hydrogen-bond acceptors (Lipinski definition) is 2. The topological polar surface area (TPSA) is 15.3 Å². The molecule has 1 aliphatic rings. The van der Waals surface area contributed by atoms with Crippen molar-refractivity contribution in [3.63, 3.8) is 0 Å². The first kappa shape index (κ1) is 48.2. The number of anilines is 5. The van der Waals surface area contributed by atoms with E-state index in [0.717, 1.165) is 28.4 Å². The summed E-state index contributed by atoms with van der Waals surface area (Å²) in [4.78, 5) is 2.39. The molecule has 2 nitrogen and oxygen atoms in total. The van der Waals surface area contributed by atoms with Crippen LogP contribution in [0.25, 0.3) is 77.9 Å². The summed E-state index contributed by atoms with van der Waals surface area (Å²) in [5, 5.41) is 3.69. The van der Waals surface area contributed by atoms with E-state index in [0.29, 0.717) is 0 Å². The van der Waals surface area contributed by atoms with Gasteiger partial charge in [-0.1, -0.05) is 250 Å². The molecule has 12 aromatic carbocycles. The Bertz CT molecular complexity index is 3850. The third-order valence-corrected chi connectivity index (χ3v) is 14.9. The van der Waals surface area contributed by atoms with Gasteiger partial charge in [-0.25, -0.2) is 0 Å². The van der Waals surface area contributed by atoms with Crippen LogP contribution in [0.4, 0.5) is 28.4 Å². The second-order valence-electron chi connectivity index (χ2n) is 20.2. The average molecular weight is 987 g/mol. The molecular formula is C75H58N2. The molecule has 0 radical (unpaired) electrons. The minimum atomic E-state index is -0.202. The zero-order valence-corrected chi connectivity index (χ0v) is 43.4. The number of benzene rings is 12. The van der Waals surface area contributed by atoms with Gasteiger partial charge in [0.15, 0.2) is 0 Å². The Morgan fingerprint density at radius 1 is 0.234 bits per heavy atom. The number of rotatable bonds is 11. The fourth-order valence-corrected chi connectivity index (χ4v) is 10.8. The minimum absolute atomic E-state index is 0.202. The average Bonchev–Trinajstić information content (AvgIpc) is 3.76. The van der Waals surface area contributed by atoms with Crippen molar-refractivity contribution in [2.75, 3.05) is 10.2 Å². The Kier molecular flexibility index (Phi) is 13.5. The molecule has 0 atom stereocenters. The van der Waals surface area contributed by atoms with Gasteiger partial charge in [-0.2, -0.15) is 0 Å². The second-order valence-corrected chi connectivity index (χ2v) is 20.2. The van der Waals surface area contributed by atoms with Gasteiger partial charge in [-0.05, 0) is 162 Å². The summed E-state index contributed by atoms with van der Waals surface area (Å²) in [6.45, 7) is 4.72. The standard InChI is InChI=1S/C57H44N2.C18H14/c1-57(2)55-38-49(58-48-27-21-43(22-28-48)40-13-6-3-7-14-40)29-35-53(55)54-36-34-52(39-56(54)57)59(50-30-23-44(24-31-50)41-15-8-4-9-16-41)51-32-25-45(26-33-51)47-20-12-19-46(37-47)42-17-10-5-11-18-42;1-3-8-15(9-4-1)17-12-7-13-18(14-17)16-10-5-2-6-11-16/h3-39,58H,1-2H3;1-14H. The van der Waals surface area contributed by atoms with Gasteiger partial charge < -0.3 is 10.2 Å². The van der Waals surface area contributed by atoms with E-state index in [1.54, 1.807) is 0 Å². The van der Waals surface area contributed by atoms with E-state index in [2.05, 4.69) is 321 Å². The molecule has 1 aliphatic carbocycles. The molecule has 2 heteroatoms. The summed E-state index contributed by atoms with van der Waals surface area (Å²) in [7, 11) is 0. The van der Waals surface area contributed by atoms with Crippen LogP contribution in [0.1, 0.15) is 25.0 Å². The van der Waals surface area contributed by atoms with Crippen molar-refractivity contribution in [2.45, 2.75) is 19.3 Å². The first-order valence-corrected chi connectivity index (χ1v) is 26.6. The van der Waals surface area contributed by atoms with Gasteiger partial charge in [-0.3, -0.25) is 0 Å². The van der Waals surface area contributed by atoms with Gasteiger partial charge in [0.25, 0.3) is 0 Å². The van der Waals surface area contributed by atoms with Crippen molar-refractivity contribution >= 4 is 28.4 Å². The zero-order valence-electron chi connectivity index (χ0n) is 43.4. The Hall–Kier alpha value is -9.76. The van der Waals surface area contributed by atoms with Crippen LogP contribution < -0.4 is 10.2 Å². The van der Waals surface area contributed by atoms with Crippen LogP contribution in [0.15, 0.2) is 309 Å². The van der Waals surface area contributed by atoms with Gasteiger partial charge in [0.1, 0.15) is 0 Å². The molecule has 12 aromatic rings. The van der Waals surface area contributed by atoms with E-state index in [-0.39, 0.29) is 5.41 Å². The molecular weight excluding hydrogens is 929 g/mol. The van der Waals surface area contributed by atoms with Crippen LogP contribution in [0.3, 0.4) is 0 Å². The predicted molar refractivity (Wildman–Crippen MR) is 327 cm³/mol. The van der Waals surface area contributed by atoms with E-state index < -0.39 is 0 Å². The molecule has 0 amide bonds. The lowest BCUT2D eigenvalue weighted by atomic mass is 9.82. The normalized spacial score (nSPS) is 11.9. The fourth-order valence-electron chi connectivity index (χ4n) is 10.8. The highest BCUT2D eigenvalue weighted by molar-refractivity contribution is 5.88. The highest BCUT2D eigenvalue weighted by atomic mass is 15.1. The quantitative estimate of drug-likeness (QED) is 0.139. The Morgan fingerprint density at radius 2 is 0.519 bits per heavy atom. The third kappa shape index (κ3) is 10.4. The van der Waals surface area contributed by atoms with Crippen LogP contribution in [-0.4, -0.2) is 0 Å². The first-order chi connectivity index (χ1) is 37.9. The molecule has 0 spiro atoms. The van der Waals surface area contributed by atoms with Gasteiger partial charge in [-0.15, -0.1) is 0 Å². The Labute approximate surface area is 453 Å². The van der Waals surface area contributed by atoms with Crippen molar-refractivity contribution in [2.24, 2.45) is 0 Å². The molecule has 77 heavy (non-hydrogen) atoms. The third-order valence-electron chi connectivity index (χ3n) is 14.9. The monoisotopic (exact) mass is 986 g/mol. The molecule has 13 rings (SSSR count). The molecule has 0 saturated carbocycles. The van der Waals surface area contributed by atoms with Crippen molar-refractivity contribution < 1.29 is 0 Å². The summed E-state index contributed by atoms with van der Waals surface area (Å²) < 4.78 is 0. The highest BCUT2D eigenvalue weighted by Gasteiger charge is 2.36. The minimum Gasteiger partial charge on any atom is -0.356 e. The summed E-state index contributed by atoms with van der Waals surface area (Å²) in [5.41, 5.74) is 25.3. The first-order valence-electron chi connectivity index (χ1n) is 26.6. The molecule has 0 heterocycles. The number of fused-ring (bicyclic) bond motifs is 3. The summed E-state index contributed by atoms with van der Waals surface area (Å²) in [6.07, 6.45) is 0. The maximum Gasteiger partial charge on any atom is 0.0465 e. The summed E-state index contributed by atoms with van der Waals surface area (Å²) in [5.74, 6) is 0. The summed E-state index contributed by atoms with van der Waals surface area (Å²) >= 11 is 0. The van der Waals surface area contributed by atoms with Crippen LogP contribution in [-0.2, 0) is 5.41 Å². The molecule has 368 valence electrons. The Balaban J connectivity index is 0.000000279. The number of nitrogens with one attached hydrogen (secondary N) is 1. The fraction of sp³-hybridized carbons (Fsp3) is 0.0400. The lowest BCUT2D eigenvalue weighted by Crippen LogP contribution is -2.16. The highest BCUT2D eigenvalue weighted by Crippen LogP contribution is 2.52. The van der Waals surface area contributed by atoms with E-state index in [9.17, 15) is 0 Å². The predicted octanol–water partition coefficient (Wildman–Crippen LogP) is 20.9. The molecule has 0 unspecified atom stereocenters. The SMILES string of the molecule is CC1(C)c2cc(Nc3ccc(-c4ccccc4)cc3)ccc2-c2ccc(N(c3ccc(-c4ccccc4)cc3)c3ccc(-c4cccc(-c5ccccc5)c4)cc3)cc21.c1ccc(-c2cccc(-c3ccccc3)c2)cc1. The molecule has 0 saturated heterocycles. The van der Waals surface area contributed by atoms with Gasteiger partial charge in [0.2, 0.25) is 0 Å². The largest absolute Gasteiger partial charge is 0.356 e. The van der Waals surface area contributed by atoms with Crippen molar-refractivity contribution in [3.05, 3.63) is 321 Å². The summed E-state index contributed by atoms with van der Waals surface area (Å²) in [6, 6.07) is 111. The van der Waals surface area contributed by atoms with E-state index >= 15 is 0 Å². The maximum absolute atomic E-state index is 3.69. The van der Waals surface area contributed by atoms with Crippen LogP contribution in [0.5, 0.6) is 0 Å².